The molecular weight excluding hydrogens is 407 g/mol. The van der Waals surface area contributed by atoms with Gasteiger partial charge in [-0.2, -0.15) is 0 Å². The summed E-state index contributed by atoms with van der Waals surface area (Å²) in [6.45, 7) is 2.30. The molecule has 3 aromatic rings. The Morgan fingerprint density at radius 3 is 2.03 bits per heavy atom. The van der Waals surface area contributed by atoms with E-state index >= 15 is 0 Å². The number of unbranched alkanes of at least 4 members (excludes halogenated alkanes) is 1. The van der Waals surface area contributed by atoms with Gasteiger partial charge in [-0.25, -0.2) is 0 Å². The highest BCUT2D eigenvalue weighted by molar-refractivity contribution is 7.73. The molecule has 1 nitrogen and oxygen atoms in total. The van der Waals surface area contributed by atoms with Crippen LogP contribution < -0.4 is 10.6 Å². The van der Waals surface area contributed by atoms with Crippen LogP contribution in [0, 0.1) is 0 Å². The maximum atomic E-state index is 11.3. The summed E-state index contributed by atoms with van der Waals surface area (Å²) >= 11 is 0. The highest BCUT2D eigenvalue weighted by Crippen LogP contribution is 2.46. The number of phenolic OH excluding ortho intramolecular Hbond substituents is 1. The summed E-state index contributed by atoms with van der Waals surface area (Å²) < 4.78 is 0. The van der Waals surface area contributed by atoms with E-state index in [0.717, 1.165) is 19.3 Å². The van der Waals surface area contributed by atoms with Crippen LogP contribution in [0.15, 0.2) is 54.6 Å². The lowest BCUT2D eigenvalue weighted by Crippen LogP contribution is -2.21. The molecule has 32 heavy (non-hydrogen) atoms. The van der Waals surface area contributed by atoms with E-state index in [4.69, 9.17) is 0 Å². The number of fused-ring (bicyclic) bond motifs is 2. The van der Waals surface area contributed by atoms with E-state index in [-0.39, 0.29) is 0 Å². The minimum atomic E-state index is -0.453. The zero-order chi connectivity index (χ0) is 21.9. The van der Waals surface area contributed by atoms with Gasteiger partial charge in [0.25, 0.3) is 0 Å². The molecule has 2 aliphatic rings. The van der Waals surface area contributed by atoms with Gasteiger partial charge in [-0.3, -0.25) is 0 Å². The lowest BCUT2D eigenvalue weighted by Gasteiger charge is -2.30. The number of hydrogen-bond donors (Lipinski definition) is 1. The zero-order valence-corrected chi connectivity index (χ0v) is 20.3. The molecule has 0 aliphatic heterocycles. The van der Waals surface area contributed by atoms with Crippen molar-refractivity contribution < 1.29 is 5.11 Å². The first-order valence-electron chi connectivity index (χ1n) is 12.6. The van der Waals surface area contributed by atoms with Crippen LogP contribution in [0.2, 0.25) is 0 Å². The predicted molar refractivity (Wildman–Crippen MR) is 139 cm³/mol. The van der Waals surface area contributed by atoms with E-state index in [1.54, 1.807) is 0 Å². The van der Waals surface area contributed by atoms with Gasteiger partial charge in [0.15, 0.2) is 0 Å². The van der Waals surface area contributed by atoms with E-state index in [9.17, 15) is 5.11 Å². The maximum Gasteiger partial charge on any atom is 0.123 e. The Hall–Kier alpha value is -2.11. The first kappa shape index (κ1) is 21.7. The number of phenols is 1. The summed E-state index contributed by atoms with van der Waals surface area (Å²) in [7, 11) is -0.453. The molecule has 5 rings (SSSR count). The third-order valence-electron chi connectivity index (χ3n) is 7.37. The van der Waals surface area contributed by atoms with Crippen LogP contribution in [0.1, 0.15) is 67.7 Å². The van der Waals surface area contributed by atoms with Gasteiger partial charge in [0.05, 0.1) is 0 Å². The molecule has 2 aliphatic carbocycles. The molecule has 0 bridgehead atoms. The molecule has 166 valence electrons. The Morgan fingerprint density at radius 1 is 0.719 bits per heavy atom. The van der Waals surface area contributed by atoms with Crippen molar-refractivity contribution in [2.75, 3.05) is 6.16 Å². The first-order valence-corrected chi connectivity index (χ1v) is 14.1. The highest BCUT2D eigenvalue weighted by atomic mass is 31.1. The fourth-order valence-corrected chi connectivity index (χ4v) is 8.44. The lowest BCUT2D eigenvalue weighted by molar-refractivity contribution is 0.475. The summed E-state index contributed by atoms with van der Waals surface area (Å²) in [6.07, 6.45) is 13.3. The van der Waals surface area contributed by atoms with Crippen LogP contribution in [0.25, 0.3) is 11.1 Å². The molecular formula is C30H35OP. The summed E-state index contributed by atoms with van der Waals surface area (Å²) in [5.41, 5.74) is 8.51. The first-order chi connectivity index (χ1) is 15.8. The number of aromatic hydroxyl groups is 1. The van der Waals surface area contributed by atoms with Gasteiger partial charge in [-0.15, -0.1) is 0 Å². The molecule has 0 fully saturated rings. The van der Waals surface area contributed by atoms with E-state index < -0.39 is 7.92 Å². The van der Waals surface area contributed by atoms with Crippen molar-refractivity contribution in [1.29, 1.82) is 0 Å². The molecule has 1 unspecified atom stereocenters. The number of rotatable bonds is 6. The Balaban J connectivity index is 1.77. The molecule has 1 N–H and O–H groups in total. The van der Waals surface area contributed by atoms with E-state index in [2.05, 4.69) is 55.5 Å². The normalized spacial score (nSPS) is 16.3. The Kier molecular flexibility index (Phi) is 6.65. The smallest absolute Gasteiger partial charge is 0.123 e. The lowest BCUT2D eigenvalue weighted by atomic mass is 9.80. The molecule has 0 heterocycles. The number of hydrogen-bond acceptors (Lipinski definition) is 1. The van der Waals surface area contributed by atoms with Crippen LogP contribution in [-0.2, 0) is 25.7 Å². The van der Waals surface area contributed by atoms with Crippen molar-refractivity contribution in [3.63, 3.8) is 0 Å². The molecule has 0 saturated heterocycles. The second-order valence-electron chi connectivity index (χ2n) is 9.45. The molecule has 0 radical (unpaired) electrons. The SMILES string of the molecule is CCCCP(c1ccccc1)c1ccc2c(c1-c1c(O)ccc3c1CCCC3)CCCC2. The predicted octanol–water partition coefficient (Wildman–Crippen LogP) is 7.05. The average molecular weight is 443 g/mol. The van der Waals surface area contributed by atoms with Crippen molar-refractivity contribution in [1.82, 2.24) is 0 Å². The van der Waals surface area contributed by atoms with Crippen molar-refractivity contribution in [3.8, 4) is 16.9 Å². The Bertz CT molecular complexity index is 1090. The second kappa shape index (κ2) is 9.80. The topological polar surface area (TPSA) is 20.2 Å². The van der Waals surface area contributed by atoms with Gasteiger partial charge >= 0.3 is 0 Å². The number of aryl methyl sites for hydroxylation is 2. The highest BCUT2D eigenvalue weighted by Gasteiger charge is 2.28. The molecule has 0 aromatic heterocycles. The Morgan fingerprint density at radius 2 is 1.34 bits per heavy atom. The van der Waals surface area contributed by atoms with Gasteiger partial charge in [0.2, 0.25) is 0 Å². The van der Waals surface area contributed by atoms with Crippen LogP contribution in [0.3, 0.4) is 0 Å². The quantitative estimate of drug-likeness (QED) is 0.406. The molecule has 3 aromatic carbocycles. The summed E-state index contributed by atoms with van der Waals surface area (Å²) in [5, 5.41) is 14.2. The van der Waals surface area contributed by atoms with Crippen LogP contribution >= 0.6 is 7.92 Å². The van der Waals surface area contributed by atoms with Crippen LogP contribution in [-0.4, -0.2) is 11.3 Å². The van der Waals surface area contributed by atoms with Crippen LogP contribution in [0.4, 0.5) is 0 Å². The molecule has 0 amide bonds. The largest absolute Gasteiger partial charge is 0.507 e. The van der Waals surface area contributed by atoms with Gasteiger partial charge in [-0.05, 0) is 116 Å². The van der Waals surface area contributed by atoms with Crippen molar-refractivity contribution in [3.05, 3.63) is 76.9 Å². The summed E-state index contributed by atoms with van der Waals surface area (Å²) in [5.74, 6) is 0.490. The maximum absolute atomic E-state index is 11.3. The summed E-state index contributed by atoms with van der Waals surface area (Å²) in [4.78, 5) is 0. The van der Waals surface area contributed by atoms with E-state index in [1.165, 1.54) is 95.1 Å². The zero-order valence-electron chi connectivity index (χ0n) is 19.4. The fraction of sp³-hybridized carbons (Fsp3) is 0.400. The van der Waals surface area contributed by atoms with Crippen LogP contribution in [0.5, 0.6) is 5.75 Å². The molecule has 0 saturated carbocycles. The van der Waals surface area contributed by atoms with E-state index in [1.807, 2.05) is 6.07 Å². The van der Waals surface area contributed by atoms with E-state index in [0.29, 0.717) is 5.75 Å². The number of benzene rings is 3. The monoisotopic (exact) mass is 442 g/mol. The summed E-state index contributed by atoms with van der Waals surface area (Å²) in [6, 6.07) is 20.2. The van der Waals surface area contributed by atoms with Gasteiger partial charge in [-0.1, -0.05) is 61.9 Å². The van der Waals surface area contributed by atoms with Gasteiger partial charge < -0.3 is 5.11 Å². The second-order valence-corrected chi connectivity index (χ2v) is 11.8. The van der Waals surface area contributed by atoms with Crippen molar-refractivity contribution in [2.45, 2.75) is 71.1 Å². The molecule has 0 spiro atoms. The average Bonchev–Trinajstić information content (AvgIpc) is 2.85. The van der Waals surface area contributed by atoms with Gasteiger partial charge in [0.1, 0.15) is 5.75 Å². The third kappa shape index (κ3) is 4.13. The molecule has 2 heteroatoms. The minimum Gasteiger partial charge on any atom is -0.507 e. The van der Waals surface area contributed by atoms with Crippen molar-refractivity contribution >= 4 is 18.5 Å². The molecule has 1 atom stereocenters. The fourth-order valence-electron chi connectivity index (χ4n) is 5.73. The standard InChI is InChI=1S/C30H35OP/c1-2-3-21-32(24-13-5-4-6-14-24)28-20-18-23-12-8-10-16-26(23)30(28)29-25-15-9-7-11-22(25)17-19-27(29)31/h4-6,13-14,17-20,31H,2-3,7-12,15-16,21H2,1H3. The third-order valence-corrected chi connectivity index (χ3v) is 10.0. The van der Waals surface area contributed by atoms with Crippen molar-refractivity contribution in [2.24, 2.45) is 0 Å². The Labute approximate surface area is 194 Å². The van der Waals surface area contributed by atoms with Gasteiger partial charge in [0, 0.05) is 5.56 Å². The minimum absolute atomic E-state index is 0.453.